The van der Waals surface area contributed by atoms with E-state index in [0.717, 1.165) is 0 Å². The van der Waals surface area contributed by atoms with E-state index in [1.54, 1.807) is 0 Å². The minimum absolute atomic E-state index is 0.00932. The van der Waals surface area contributed by atoms with Crippen LogP contribution in [0.25, 0.3) is 0 Å². The molecule has 0 amide bonds. The van der Waals surface area contributed by atoms with E-state index in [9.17, 15) is 13.6 Å². The predicted octanol–water partition coefficient (Wildman–Crippen LogP) is 2.81. The van der Waals surface area contributed by atoms with Crippen LogP contribution in [0.15, 0.2) is 12.1 Å². The molecule has 16 heavy (non-hydrogen) atoms. The van der Waals surface area contributed by atoms with Crippen molar-refractivity contribution in [1.82, 2.24) is 0 Å². The Kier molecular flexibility index (Phi) is 4.49. The molecule has 0 heterocycles. The van der Waals surface area contributed by atoms with E-state index in [-0.39, 0.29) is 22.1 Å². The molecule has 0 unspecified atom stereocenters. The molecule has 0 radical (unpaired) electrons. The van der Waals surface area contributed by atoms with Crippen LogP contribution in [0.1, 0.15) is 10.4 Å². The van der Waals surface area contributed by atoms with Gasteiger partial charge in [-0.2, -0.15) is 0 Å². The molecule has 0 aliphatic heterocycles. The Balaban J connectivity index is 3.01. The first-order chi connectivity index (χ1) is 7.58. The van der Waals surface area contributed by atoms with Crippen molar-refractivity contribution in [3.63, 3.8) is 0 Å². The quantitative estimate of drug-likeness (QED) is 0.754. The number of carbonyl (C=O) groups is 1. The molecule has 0 fully saturated rings. The van der Waals surface area contributed by atoms with Gasteiger partial charge in [0.25, 0.3) is 6.43 Å². The monoisotopic (exact) mass is 250 g/mol. The Morgan fingerprint density at radius 1 is 1.50 bits per heavy atom. The fourth-order valence-corrected chi connectivity index (χ4v) is 1.37. The van der Waals surface area contributed by atoms with Crippen LogP contribution >= 0.6 is 11.6 Å². The summed E-state index contributed by atoms with van der Waals surface area (Å²) >= 11 is 5.77. The van der Waals surface area contributed by atoms with Gasteiger partial charge in [0.1, 0.15) is 12.9 Å². The van der Waals surface area contributed by atoms with E-state index < -0.39 is 13.0 Å². The summed E-state index contributed by atoms with van der Waals surface area (Å²) in [7, 11) is 1.33. The van der Waals surface area contributed by atoms with Crippen LogP contribution in [0.5, 0.6) is 11.5 Å². The smallest absolute Gasteiger partial charge is 0.272 e. The second kappa shape index (κ2) is 5.65. The molecule has 88 valence electrons. The number of ether oxygens (including phenoxy) is 2. The van der Waals surface area contributed by atoms with Gasteiger partial charge in [-0.3, -0.25) is 4.79 Å². The van der Waals surface area contributed by atoms with E-state index in [1.807, 2.05) is 0 Å². The van der Waals surface area contributed by atoms with Crippen molar-refractivity contribution in [2.75, 3.05) is 13.7 Å². The molecule has 1 aromatic carbocycles. The molecule has 0 bridgehead atoms. The first-order valence-electron chi connectivity index (χ1n) is 4.32. The second-order valence-corrected chi connectivity index (χ2v) is 3.26. The highest BCUT2D eigenvalue weighted by Crippen LogP contribution is 2.36. The molecule has 1 rings (SSSR count). The van der Waals surface area contributed by atoms with Crippen LogP contribution in [0, 0.1) is 0 Å². The molecule has 0 atom stereocenters. The zero-order chi connectivity index (χ0) is 12.1. The van der Waals surface area contributed by atoms with Gasteiger partial charge in [-0.1, -0.05) is 11.6 Å². The Hall–Kier alpha value is -1.36. The Bertz CT molecular complexity index is 383. The third-order valence-electron chi connectivity index (χ3n) is 1.74. The number of benzene rings is 1. The van der Waals surface area contributed by atoms with E-state index >= 15 is 0 Å². The molecular formula is C10H9ClF2O3. The molecule has 0 aromatic heterocycles. The Labute approximate surface area is 95.9 Å². The standard InChI is InChI=1S/C10H9ClF2O3/c1-15-8-3-6(4-14)2-7(11)10(8)16-5-9(12)13/h2-4,9H,5H2,1H3. The van der Waals surface area contributed by atoms with Crippen molar-refractivity contribution in [2.24, 2.45) is 0 Å². The topological polar surface area (TPSA) is 35.5 Å². The molecule has 3 nitrogen and oxygen atoms in total. The van der Waals surface area contributed by atoms with Gasteiger partial charge >= 0.3 is 0 Å². The largest absolute Gasteiger partial charge is 0.493 e. The lowest BCUT2D eigenvalue weighted by Gasteiger charge is -2.12. The third kappa shape index (κ3) is 3.06. The molecular weight excluding hydrogens is 242 g/mol. The number of aldehydes is 1. The number of carbonyl (C=O) groups excluding carboxylic acids is 1. The summed E-state index contributed by atoms with van der Waals surface area (Å²) in [6.45, 7) is -0.781. The summed E-state index contributed by atoms with van der Waals surface area (Å²) in [5, 5.41) is 0.0575. The molecule has 1 aromatic rings. The van der Waals surface area contributed by atoms with Gasteiger partial charge in [0.15, 0.2) is 11.5 Å². The first kappa shape index (κ1) is 12.7. The molecule has 0 aliphatic carbocycles. The number of methoxy groups -OCH3 is 1. The van der Waals surface area contributed by atoms with E-state index in [0.29, 0.717) is 6.29 Å². The lowest BCUT2D eigenvalue weighted by atomic mass is 10.2. The Morgan fingerprint density at radius 3 is 2.69 bits per heavy atom. The van der Waals surface area contributed by atoms with E-state index in [4.69, 9.17) is 21.1 Å². The van der Waals surface area contributed by atoms with Crippen LogP contribution in [0.3, 0.4) is 0 Å². The van der Waals surface area contributed by atoms with Crippen molar-refractivity contribution in [3.8, 4) is 11.5 Å². The number of hydrogen-bond donors (Lipinski definition) is 0. The predicted molar refractivity (Wildman–Crippen MR) is 54.9 cm³/mol. The van der Waals surface area contributed by atoms with Gasteiger partial charge in [0.05, 0.1) is 12.1 Å². The van der Waals surface area contributed by atoms with Crippen molar-refractivity contribution in [1.29, 1.82) is 0 Å². The highest BCUT2D eigenvalue weighted by molar-refractivity contribution is 6.32. The van der Waals surface area contributed by atoms with Crippen molar-refractivity contribution in [3.05, 3.63) is 22.7 Å². The average Bonchev–Trinajstić information content (AvgIpc) is 2.26. The van der Waals surface area contributed by atoms with Crippen LogP contribution in [0.2, 0.25) is 5.02 Å². The molecule has 0 saturated carbocycles. The Morgan fingerprint density at radius 2 is 2.19 bits per heavy atom. The number of hydrogen-bond acceptors (Lipinski definition) is 3. The van der Waals surface area contributed by atoms with Crippen LogP contribution in [0.4, 0.5) is 8.78 Å². The van der Waals surface area contributed by atoms with Gasteiger partial charge in [-0.15, -0.1) is 0 Å². The van der Waals surface area contributed by atoms with Crippen molar-refractivity contribution in [2.45, 2.75) is 6.43 Å². The number of rotatable bonds is 5. The highest BCUT2D eigenvalue weighted by atomic mass is 35.5. The fourth-order valence-electron chi connectivity index (χ4n) is 1.09. The summed E-state index contributed by atoms with van der Waals surface area (Å²) in [6.07, 6.45) is -2.03. The number of halogens is 3. The van der Waals surface area contributed by atoms with Gasteiger partial charge in [-0.25, -0.2) is 8.78 Å². The van der Waals surface area contributed by atoms with Gasteiger partial charge in [0, 0.05) is 5.56 Å². The van der Waals surface area contributed by atoms with Gasteiger partial charge in [-0.05, 0) is 12.1 Å². The maximum Gasteiger partial charge on any atom is 0.272 e. The van der Waals surface area contributed by atoms with Crippen LogP contribution < -0.4 is 9.47 Å². The summed E-state index contributed by atoms with van der Waals surface area (Å²) in [5.41, 5.74) is 0.284. The molecule has 0 saturated heterocycles. The van der Waals surface area contributed by atoms with Gasteiger partial charge < -0.3 is 9.47 Å². The fraction of sp³-hybridized carbons (Fsp3) is 0.300. The average molecular weight is 251 g/mol. The lowest BCUT2D eigenvalue weighted by Crippen LogP contribution is -2.08. The molecule has 0 N–H and O–H groups in total. The highest BCUT2D eigenvalue weighted by Gasteiger charge is 2.14. The lowest BCUT2D eigenvalue weighted by molar-refractivity contribution is 0.0804. The van der Waals surface area contributed by atoms with Gasteiger partial charge in [0.2, 0.25) is 0 Å². The van der Waals surface area contributed by atoms with E-state index in [1.165, 1.54) is 19.2 Å². The summed E-state index contributed by atoms with van der Waals surface area (Å²) in [4.78, 5) is 10.5. The minimum atomic E-state index is -2.61. The van der Waals surface area contributed by atoms with Crippen molar-refractivity contribution >= 4 is 17.9 Å². The first-order valence-corrected chi connectivity index (χ1v) is 4.70. The maximum atomic E-state index is 12.0. The molecule has 0 spiro atoms. The normalized spacial score (nSPS) is 10.3. The summed E-state index contributed by atoms with van der Waals surface area (Å²) in [6, 6.07) is 2.68. The second-order valence-electron chi connectivity index (χ2n) is 2.85. The zero-order valence-corrected chi connectivity index (χ0v) is 9.13. The van der Waals surface area contributed by atoms with Crippen LogP contribution in [-0.2, 0) is 0 Å². The maximum absolute atomic E-state index is 12.0. The molecule has 0 aliphatic rings. The summed E-state index contributed by atoms with van der Waals surface area (Å²) < 4.78 is 33.6. The SMILES string of the molecule is COc1cc(C=O)cc(Cl)c1OCC(F)F. The number of alkyl halides is 2. The van der Waals surface area contributed by atoms with E-state index in [2.05, 4.69) is 0 Å². The third-order valence-corrected chi connectivity index (χ3v) is 2.02. The summed E-state index contributed by atoms with van der Waals surface area (Å²) in [5.74, 6) is 0.158. The van der Waals surface area contributed by atoms with Crippen LogP contribution in [-0.4, -0.2) is 26.4 Å². The molecule has 6 heteroatoms. The zero-order valence-electron chi connectivity index (χ0n) is 8.38. The minimum Gasteiger partial charge on any atom is -0.493 e. The van der Waals surface area contributed by atoms with Crippen molar-refractivity contribution < 1.29 is 23.0 Å².